The van der Waals surface area contributed by atoms with Gasteiger partial charge in [0.15, 0.2) is 0 Å². The molecule has 0 aromatic heterocycles. The van der Waals surface area contributed by atoms with Crippen molar-refractivity contribution in [2.75, 3.05) is 39.3 Å². The molecule has 2 heterocycles. The van der Waals surface area contributed by atoms with Crippen molar-refractivity contribution in [1.82, 2.24) is 15.1 Å². The van der Waals surface area contributed by atoms with Crippen LogP contribution in [0.5, 0.6) is 0 Å². The number of piperazine rings is 1. The van der Waals surface area contributed by atoms with E-state index in [4.69, 9.17) is 0 Å². The summed E-state index contributed by atoms with van der Waals surface area (Å²) < 4.78 is 0. The Morgan fingerprint density at radius 3 is 2.88 bits per heavy atom. The van der Waals surface area contributed by atoms with E-state index in [1.165, 1.54) is 32.2 Å². The Bertz CT molecular complexity index is 290. The molecule has 4 heteroatoms. The van der Waals surface area contributed by atoms with Gasteiger partial charge < -0.3 is 10.2 Å². The number of hydrogen-bond donors (Lipinski definition) is 1. The van der Waals surface area contributed by atoms with Gasteiger partial charge in [-0.05, 0) is 44.7 Å². The van der Waals surface area contributed by atoms with Crippen LogP contribution in [-0.2, 0) is 4.79 Å². The molecule has 0 bridgehead atoms. The van der Waals surface area contributed by atoms with Crippen LogP contribution in [0.25, 0.3) is 0 Å². The zero-order chi connectivity index (χ0) is 11.7. The zero-order valence-electron chi connectivity index (χ0n) is 10.5. The Morgan fingerprint density at radius 2 is 2.06 bits per heavy atom. The molecule has 0 spiro atoms. The third kappa shape index (κ3) is 2.80. The van der Waals surface area contributed by atoms with E-state index < -0.39 is 0 Å². The quantitative estimate of drug-likeness (QED) is 0.763. The fraction of sp³-hybridized carbons (Fsp3) is 0.923. The van der Waals surface area contributed by atoms with E-state index in [0.29, 0.717) is 18.5 Å². The SMILES string of the molecule is O=C(CNCC1CC1)N1CCN2CCCC2C1. The van der Waals surface area contributed by atoms with Crippen molar-refractivity contribution in [2.45, 2.75) is 31.7 Å². The number of nitrogens with zero attached hydrogens (tertiary/aromatic N) is 2. The van der Waals surface area contributed by atoms with Crippen molar-refractivity contribution in [3.63, 3.8) is 0 Å². The minimum Gasteiger partial charge on any atom is -0.339 e. The zero-order valence-corrected chi connectivity index (χ0v) is 10.5. The standard InChI is InChI=1S/C13H23N3O/c17-13(9-14-8-11-3-4-11)16-7-6-15-5-1-2-12(15)10-16/h11-12,14H,1-10H2. The molecule has 1 aliphatic carbocycles. The highest BCUT2D eigenvalue weighted by Crippen LogP contribution is 2.27. The second-order valence-corrected chi connectivity index (χ2v) is 5.75. The van der Waals surface area contributed by atoms with Gasteiger partial charge in [-0.1, -0.05) is 0 Å². The van der Waals surface area contributed by atoms with Crippen LogP contribution in [0.15, 0.2) is 0 Å². The molecule has 4 nitrogen and oxygen atoms in total. The van der Waals surface area contributed by atoms with E-state index in [9.17, 15) is 4.79 Å². The molecule has 2 saturated heterocycles. The Kier molecular flexibility index (Phi) is 3.34. The second-order valence-electron chi connectivity index (χ2n) is 5.75. The number of hydrogen-bond acceptors (Lipinski definition) is 3. The molecule has 3 fully saturated rings. The summed E-state index contributed by atoms with van der Waals surface area (Å²) in [5.41, 5.74) is 0. The summed E-state index contributed by atoms with van der Waals surface area (Å²) in [7, 11) is 0. The van der Waals surface area contributed by atoms with Crippen molar-refractivity contribution in [3.8, 4) is 0 Å². The molecule has 1 atom stereocenters. The van der Waals surface area contributed by atoms with Crippen LogP contribution in [0.3, 0.4) is 0 Å². The molecule has 0 radical (unpaired) electrons. The van der Waals surface area contributed by atoms with Gasteiger partial charge in [-0.3, -0.25) is 9.69 Å². The summed E-state index contributed by atoms with van der Waals surface area (Å²) in [4.78, 5) is 16.6. The predicted molar refractivity (Wildman–Crippen MR) is 66.8 cm³/mol. The Hall–Kier alpha value is -0.610. The van der Waals surface area contributed by atoms with Crippen LogP contribution >= 0.6 is 0 Å². The van der Waals surface area contributed by atoms with E-state index in [-0.39, 0.29) is 0 Å². The van der Waals surface area contributed by atoms with Crippen molar-refractivity contribution in [3.05, 3.63) is 0 Å². The maximum absolute atomic E-state index is 12.0. The summed E-state index contributed by atoms with van der Waals surface area (Å²) in [5, 5.41) is 3.30. The third-order valence-electron chi connectivity index (χ3n) is 4.35. The van der Waals surface area contributed by atoms with Gasteiger partial charge in [0.05, 0.1) is 6.54 Å². The minimum absolute atomic E-state index is 0.303. The van der Waals surface area contributed by atoms with E-state index in [1.807, 2.05) is 0 Å². The number of carbonyl (C=O) groups is 1. The van der Waals surface area contributed by atoms with Crippen LogP contribution in [0.4, 0.5) is 0 Å². The molecule has 1 saturated carbocycles. The van der Waals surface area contributed by atoms with Crippen molar-refractivity contribution in [1.29, 1.82) is 0 Å². The van der Waals surface area contributed by atoms with E-state index in [1.54, 1.807) is 0 Å². The first-order chi connectivity index (χ1) is 8.33. The fourth-order valence-corrected chi connectivity index (χ4v) is 3.03. The van der Waals surface area contributed by atoms with Crippen molar-refractivity contribution in [2.24, 2.45) is 5.92 Å². The van der Waals surface area contributed by atoms with E-state index in [0.717, 1.165) is 32.1 Å². The lowest BCUT2D eigenvalue weighted by atomic mass is 10.1. The summed E-state index contributed by atoms with van der Waals surface area (Å²) in [5.74, 6) is 1.16. The van der Waals surface area contributed by atoms with Gasteiger partial charge in [0.1, 0.15) is 0 Å². The third-order valence-corrected chi connectivity index (χ3v) is 4.35. The van der Waals surface area contributed by atoms with E-state index in [2.05, 4.69) is 15.1 Å². The minimum atomic E-state index is 0.303. The van der Waals surface area contributed by atoms with Gasteiger partial charge in [-0.15, -0.1) is 0 Å². The average molecular weight is 237 g/mol. The average Bonchev–Trinajstić information content (AvgIpc) is 3.04. The highest BCUT2D eigenvalue weighted by atomic mass is 16.2. The molecule has 3 rings (SSSR count). The van der Waals surface area contributed by atoms with Crippen molar-refractivity contribution >= 4 is 5.91 Å². The van der Waals surface area contributed by atoms with E-state index >= 15 is 0 Å². The first-order valence-corrected chi connectivity index (χ1v) is 7.05. The Balaban J connectivity index is 1.41. The largest absolute Gasteiger partial charge is 0.339 e. The van der Waals surface area contributed by atoms with Gasteiger partial charge >= 0.3 is 0 Å². The van der Waals surface area contributed by atoms with Crippen molar-refractivity contribution < 1.29 is 4.79 Å². The summed E-state index contributed by atoms with van der Waals surface area (Å²) in [6.45, 7) is 5.80. The van der Waals surface area contributed by atoms with Crippen LogP contribution in [0.1, 0.15) is 25.7 Å². The number of carbonyl (C=O) groups excluding carboxylic acids is 1. The van der Waals surface area contributed by atoms with Crippen LogP contribution < -0.4 is 5.32 Å². The molecule has 1 amide bonds. The number of rotatable bonds is 4. The molecular weight excluding hydrogens is 214 g/mol. The van der Waals surface area contributed by atoms with Crippen LogP contribution in [0, 0.1) is 5.92 Å². The predicted octanol–water partition coefficient (Wildman–Crippen LogP) is 0.293. The Morgan fingerprint density at radius 1 is 1.18 bits per heavy atom. The smallest absolute Gasteiger partial charge is 0.236 e. The maximum Gasteiger partial charge on any atom is 0.236 e. The normalized spacial score (nSPS) is 29.4. The number of fused-ring (bicyclic) bond motifs is 1. The fourth-order valence-electron chi connectivity index (χ4n) is 3.03. The van der Waals surface area contributed by atoms with Crippen LogP contribution in [-0.4, -0.2) is 61.0 Å². The Labute approximate surface area is 103 Å². The van der Waals surface area contributed by atoms with Gasteiger partial charge in [0.2, 0.25) is 5.91 Å². The summed E-state index contributed by atoms with van der Waals surface area (Å²) in [6.07, 6.45) is 5.29. The first kappa shape index (κ1) is 11.5. The number of nitrogens with one attached hydrogen (secondary N) is 1. The monoisotopic (exact) mass is 237 g/mol. The van der Waals surface area contributed by atoms with Gasteiger partial charge in [-0.25, -0.2) is 0 Å². The van der Waals surface area contributed by atoms with Gasteiger partial charge in [-0.2, -0.15) is 0 Å². The molecule has 3 aliphatic rings. The van der Waals surface area contributed by atoms with Gasteiger partial charge in [0, 0.05) is 25.7 Å². The second kappa shape index (κ2) is 4.94. The van der Waals surface area contributed by atoms with Crippen LogP contribution in [0.2, 0.25) is 0 Å². The highest BCUT2D eigenvalue weighted by Gasteiger charge is 2.32. The highest BCUT2D eigenvalue weighted by molar-refractivity contribution is 5.78. The molecule has 0 aromatic carbocycles. The molecule has 1 N–H and O–H groups in total. The summed E-state index contributed by atoms with van der Waals surface area (Å²) in [6, 6.07) is 0.649. The summed E-state index contributed by atoms with van der Waals surface area (Å²) >= 11 is 0. The molecule has 0 aromatic rings. The topological polar surface area (TPSA) is 35.6 Å². The lowest BCUT2D eigenvalue weighted by molar-refractivity contribution is -0.132. The molecular formula is C13H23N3O. The molecule has 2 aliphatic heterocycles. The maximum atomic E-state index is 12.0. The molecule has 1 unspecified atom stereocenters. The lowest BCUT2D eigenvalue weighted by Gasteiger charge is -2.37. The first-order valence-electron chi connectivity index (χ1n) is 7.05. The lowest BCUT2D eigenvalue weighted by Crippen LogP contribution is -2.53. The molecule has 17 heavy (non-hydrogen) atoms. The van der Waals surface area contributed by atoms with Gasteiger partial charge in [0.25, 0.3) is 0 Å². The molecule has 96 valence electrons. The number of amides is 1.